The number of hydrogen-bond acceptors (Lipinski definition) is 6. The second kappa shape index (κ2) is 41.5. The summed E-state index contributed by atoms with van der Waals surface area (Å²) >= 11 is 0. The summed E-state index contributed by atoms with van der Waals surface area (Å²) < 4.78 is 17.2. The number of ether oxygens (including phenoxy) is 3. The van der Waals surface area contributed by atoms with Crippen LogP contribution in [0.2, 0.25) is 0 Å². The molecule has 0 saturated heterocycles. The lowest BCUT2D eigenvalue weighted by Crippen LogP contribution is -2.50. The van der Waals surface area contributed by atoms with Crippen molar-refractivity contribution < 1.29 is 38.2 Å². The van der Waals surface area contributed by atoms with Gasteiger partial charge in [-0.25, -0.2) is 4.79 Å². The summed E-state index contributed by atoms with van der Waals surface area (Å²) in [6, 6.07) is -0.627. The van der Waals surface area contributed by atoms with Crippen LogP contribution in [0.15, 0.2) is 72.9 Å². The Balaban J connectivity index is 4.31. The van der Waals surface area contributed by atoms with Crippen LogP contribution in [0.4, 0.5) is 0 Å². The normalized spacial score (nSPS) is 13.6. The van der Waals surface area contributed by atoms with Gasteiger partial charge in [0.25, 0.3) is 0 Å². The molecule has 0 heterocycles. The van der Waals surface area contributed by atoms with Gasteiger partial charge in [0.1, 0.15) is 6.61 Å². The molecular formula is C51H88NO7+. The average Bonchev–Trinajstić information content (AvgIpc) is 3.19. The third-order valence-corrected chi connectivity index (χ3v) is 10.2. The number of likely N-dealkylation sites (N-methyl/N-ethyl adjacent to an activating group) is 1. The molecule has 0 saturated carbocycles. The predicted octanol–water partition coefficient (Wildman–Crippen LogP) is 13.1. The summed E-state index contributed by atoms with van der Waals surface area (Å²) in [6.45, 7) is 4.54. The molecule has 338 valence electrons. The smallest absolute Gasteiger partial charge is 0.362 e. The highest BCUT2D eigenvalue weighted by molar-refractivity contribution is 5.72. The molecule has 0 radical (unpaired) electrons. The molecule has 0 aliphatic carbocycles. The van der Waals surface area contributed by atoms with E-state index in [1.54, 1.807) is 0 Å². The second-order valence-electron chi connectivity index (χ2n) is 16.7. The molecule has 0 rings (SSSR count). The van der Waals surface area contributed by atoms with Gasteiger partial charge in [0.05, 0.1) is 34.4 Å². The summed E-state index contributed by atoms with van der Waals surface area (Å²) in [7, 11) is 5.50. The maximum absolute atomic E-state index is 12.7. The second-order valence-corrected chi connectivity index (χ2v) is 16.7. The van der Waals surface area contributed by atoms with Crippen molar-refractivity contribution in [3.8, 4) is 0 Å². The maximum Gasteiger partial charge on any atom is 0.362 e. The van der Waals surface area contributed by atoms with Crippen molar-refractivity contribution in [3.63, 3.8) is 0 Å². The van der Waals surface area contributed by atoms with Crippen molar-refractivity contribution in [2.75, 3.05) is 41.0 Å². The lowest BCUT2D eigenvalue weighted by molar-refractivity contribution is -0.887. The van der Waals surface area contributed by atoms with Crippen molar-refractivity contribution in [1.29, 1.82) is 0 Å². The number of allylic oxidation sites excluding steroid dienone is 12. The molecule has 8 nitrogen and oxygen atoms in total. The number of carboxylic acid groups (broad SMARTS) is 1. The molecule has 1 N–H and O–H groups in total. The summed E-state index contributed by atoms with van der Waals surface area (Å²) in [6.07, 6.45) is 52.4. The van der Waals surface area contributed by atoms with Crippen LogP contribution in [-0.4, -0.2) is 80.6 Å². The number of esters is 2. The summed E-state index contributed by atoms with van der Waals surface area (Å²) in [5, 5.41) is 9.62. The molecular weight excluding hydrogens is 739 g/mol. The van der Waals surface area contributed by atoms with Crippen LogP contribution in [-0.2, 0) is 28.6 Å². The molecule has 0 spiro atoms. The number of nitrogens with zero attached hydrogens (tertiary/aromatic N) is 1. The first-order chi connectivity index (χ1) is 28.6. The average molecular weight is 827 g/mol. The van der Waals surface area contributed by atoms with Crippen LogP contribution in [0, 0.1) is 0 Å². The van der Waals surface area contributed by atoms with E-state index in [4.69, 9.17) is 14.2 Å². The summed E-state index contributed by atoms with van der Waals surface area (Å²) in [5.74, 6) is -1.54. The van der Waals surface area contributed by atoms with Gasteiger partial charge in [-0.2, -0.15) is 0 Å². The molecule has 59 heavy (non-hydrogen) atoms. The van der Waals surface area contributed by atoms with Crippen LogP contribution in [0.5, 0.6) is 0 Å². The fourth-order valence-corrected chi connectivity index (χ4v) is 6.54. The van der Waals surface area contributed by atoms with Gasteiger partial charge in [-0.1, -0.05) is 170 Å². The van der Waals surface area contributed by atoms with Gasteiger partial charge in [-0.05, 0) is 64.2 Å². The molecule has 8 heteroatoms. The van der Waals surface area contributed by atoms with Crippen molar-refractivity contribution in [1.82, 2.24) is 0 Å². The lowest BCUT2D eigenvalue weighted by atomic mass is 10.1. The Labute approximate surface area is 361 Å². The third-order valence-electron chi connectivity index (χ3n) is 10.2. The minimum absolute atomic E-state index is 0.0388. The Morgan fingerprint density at radius 3 is 1.56 bits per heavy atom. The van der Waals surface area contributed by atoms with Crippen LogP contribution in [0.3, 0.4) is 0 Å². The Kier molecular flexibility index (Phi) is 39.2. The van der Waals surface area contributed by atoms with E-state index < -0.39 is 18.1 Å². The molecule has 0 bridgehead atoms. The first-order valence-corrected chi connectivity index (χ1v) is 23.5. The zero-order chi connectivity index (χ0) is 43.5. The standard InChI is InChI=1S/C51H87NO7/c1-6-8-10-12-14-16-18-20-21-22-23-24-25-26-27-28-30-31-33-35-37-39-41-49(53)58-46-47(45-57-44-43-48(51(55)56)52(3,4)5)59-50(54)42-40-38-36-34-32-29-19-17-15-13-11-9-7-2/h9,11,13,15,17,19,22-23,25-26,29,32,47-48H,6-8,10,12,14,16,18,20-21,24,27-28,30-31,33-46H2,1-5H3/p+1/b11-9+,15-13+,19-17+,23-22+,26-25+,32-29+. The number of carboxylic acids is 1. The monoisotopic (exact) mass is 827 g/mol. The van der Waals surface area contributed by atoms with Crippen molar-refractivity contribution in [3.05, 3.63) is 72.9 Å². The van der Waals surface area contributed by atoms with E-state index in [1.807, 2.05) is 57.6 Å². The van der Waals surface area contributed by atoms with Crippen LogP contribution in [0.1, 0.15) is 181 Å². The van der Waals surface area contributed by atoms with E-state index in [9.17, 15) is 19.5 Å². The highest BCUT2D eigenvalue weighted by Crippen LogP contribution is 2.14. The van der Waals surface area contributed by atoms with Gasteiger partial charge in [-0.15, -0.1) is 0 Å². The summed E-state index contributed by atoms with van der Waals surface area (Å²) in [4.78, 5) is 37.0. The number of rotatable bonds is 41. The molecule has 2 atom stereocenters. The molecule has 0 aliphatic rings. The topological polar surface area (TPSA) is 99.1 Å². The van der Waals surface area contributed by atoms with E-state index in [0.717, 1.165) is 57.8 Å². The van der Waals surface area contributed by atoms with Gasteiger partial charge >= 0.3 is 17.9 Å². The largest absolute Gasteiger partial charge is 0.477 e. The number of carbonyl (C=O) groups excluding carboxylic acids is 2. The molecule has 0 aromatic rings. The SMILES string of the molecule is CC/C=C/C=C/C=C/C=C/CCCCCC(=O)OC(COCCC(C(=O)O)[N+](C)(C)C)COC(=O)CCCCCCCCC/C=C/C/C=C/CCCCCCCCCC. The molecule has 2 unspecified atom stereocenters. The van der Waals surface area contributed by atoms with Crippen LogP contribution >= 0.6 is 0 Å². The quantitative estimate of drug-likeness (QED) is 0.0215. The summed E-state index contributed by atoms with van der Waals surface area (Å²) in [5.41, 5.74) is 0. The highest BCUT2D eigenvalue weighted by Gasteiger charge is 2.31. The minimum atomic E-state index is -0.886. The predicted molar refractivity (Wildman–Crippen MR) is 247 cm³/mol. The molecule has 0 amide bonds. The molecule has 0 fully saturated rings. The number of unbranched alkanes of at least 4 members (excludes halogenated alkanes) is 18. The zero-order valence-corrected chi connectivity index (χ0v) is 38.4. The zero-order valence-electron chi connectivity index (χ0n) is 38.4. The fourth-order valence-electron chi connectivity index (χ4n) is 6.54. The van der Waals surface area contributed by atoms with E-state index in [1.165, 1.54) is 83.5 Å². The number of quaternary nitrogens is 1. The number of hydrogen-bond donors (Lipinski definition) is 1. The van der Waals surface area contributed by atoms with Crippen molar-refractivity contribution >= 4 is 17.9 Å². The Morgan fingerprint density at radius 1 is 0.542 bits per heavy atom. The third kappa shape index (κ3) is 40.0. The Hall–Kier alpha value is -3.23. The van der Waals surface area contributed by atoms with Crippen molar-refractivity contribution in [2.45, 2.75) is 193 Å². The van der Waals surface area contributed by atoms with Crippen LogP contribution < -0.4 is 0 Å². The number of aliphatic carboxylic acids is 1. The van der Waals surface area contributed by atoms with E-state index >= 15 is 0 Å². The molecule has 0 aromatic heterocycles. The maximum atomic E-state index is 12.7. The van der Waals surface area contributed by atoms with Gasteiger partial charge in [0.2, 0.25) is 0 Å². The Bertz CT molecular complexity index is 1190. The first-order valence-electron chi connectivity index (χ1n) is 23.5. The fraction of sp³-hybridized carbons (Fsp3) is 0.706. The lowest BCUT2D eigenvalue weighted by Gasteiger charge is -2.31. The van der Waals surface area contributed by atoms with Crippen molar-refractivity contribution in [2.24, 2.45) is 0 Å². The van der Waals surface area contributed by atoms with Gasteiger partial charge in [0.15, 0.2) is 12.1 Å². The van der Waals surface area contributed by atoms with Crippen LogP contribution in [0.25, 0.3) is 0 Å². The van der Waals surface area contributed by atoms with Gasteiger partial charge < -0.3 is 23.8 Å². The molecule has 0 aliphatic heterocycles. The van der Waals surface area contributed by atoms with E-state index in [2.05, 4.69) is 50.3 Å². The molecule has 0 aromatic carbocycles. The number of carbonyl (C=O) groups is 3. The minimum Gasteiger partial charge on any atom is -0.477 e. The van der Waals surface area contributed by atoms with E-state index in [0.29, 0.717) is 19.3 Å². The van der Waals surface area contributed by atoms with Gasteiger partial charge in [-0.3, -0.25) is 9.59 Å². The Morgan fingerprint density at radius 2 is 1.02 bits per heavy atom. The van der Waals surface area contributed by atoms with Gasteiger partial charge in [0, 0.05) is 19.3 Å². The first kappa shape index (κ1) is 55.8. The van der Waals surface area contributed by atoms with E-state index in [-0.39, 0.29) is 42.7 Å². The highest BCUT2D eigenvalue weighted by atomic mass is 16.6.